The first kappa shape index (κ1) is 20.0. The van der Waals surface area contributed by atoms with Crippen LogP contribution in [0.1, 0.15) is 31.2 Å². The van der Waals surface area contributed by atoms with Crippen LogP contribution in [0, 0.1) is 0 Å². The molecule has 0 aliphatic heterocycles. The summed E-state index contributed by atoms with van der Waals surface area (Å²) in [7, 11) is 4.66. The van der Waals surface area contributed by atoms with Gasteiger partial charge in [-0.15, -0.1) is 0 Å². The van der Waals surface area contributed by atoms with E-state index in [1.807, 2.05) is 6.07 Å². The molecule has 0 saturated heterocycles. The van der Waals surface area contributed by atoms with Crippen LogP contribution in [0.15, 0.2) is 12.4 Å². The van der Waals surface area contributed by atoms with Crippen LogP contribution >= 0.6 is 11.6 Å². The number of nitrogen functional groups attached to an aromatic ring is 1. The number of hydrogen-bond donors (Lipinski definition) is 1. The highest BCUT2D eigenvalue weighted by Gasteiger charge is 2.22. The van der Waals surface area contributed by atoms with Crippen LogP contribution in [0.2, 0.25) is 5.02 Å². The van der Waals surface area contributed by atoms with Gasteiger partial charge in [-0.25, -0.2) is 15.0 Å². The highest BCUT2D eigenvalue weighted by molar-refractivity contribution is 6.33. The van der Waals surface area contributed by atoms with E-state index in [-0.39, 0.29) is 0 Å². The second-order valence-electron chi connectivity index (χ2n) is 6.26. The first-order valence-electron chi connectivity index (χ1n) is 8.98. The summed E-state index contributed by atoms with van der Waals surface area (Å²) >= 11 is 6.61. The number of rotatable bonds is 8. The zero-order valence-electron chi connectivity index (χ0n) is 16.5. The summed E-state index contributed by atoms with van der Waals surface area (Å²) < 4.78 is 18.4. The van der Waals surface area contributed by atoms with Gasteiger partial charge in [-0.1, -0.05) is 24.9 Å². The molecule has 2 heterocycles. The number of imidazole rings is 1. The van der Waals surface area contributed by atoms with E-state index in [1.54, 1.807) is 21.3 Å². The van der Waals surface area contributed by atoms with Crippen molar-refractivity contribution in [3.63, 3.8) is 0 Å². The van der Waals surface area contributed by atoms with Crippen molar-refractivity contribution in [3.05, 3.63) is 28.8 Å². The van der Waals surface area contributed by atoms with Crippen LogP contribution in [0.25, 0.3) is 11.2 Å². The summed E-state index contributed by atoms with van der Waals surface area (Å²) in [4.78, 5) is 13.1. The summed E-state index contributed by atoms with van der Waals surface area (Å²) in [6.45, 7) is 2.92. The maximum absolute atomic E-state index is 6.61. The summed E-state index contributed by atoms with van der Waals surface area (Å²) in [6.07, 6.45) is 3.95. The highest BCUT2D eigenvalue weighted by Crippen LogP contribution is 2.45. The molecule has 3 rings (SSSR count). The SMILES string of the molecule is CCCCn1c(Cc2cc(OC)c(OC)c(OC)c2Cl)nc2c(N)ncnc21. The number of nitrogens with zero attached hydrogens (tertiary/aromatic N) is 4. The van der Waals surface area contributed by atoms with Gasteiger partial charge in [-0.2, -0.15) is 0 Å². The number of fused-ring (bicyclic) bond motifs is 1. The minimum atomic E-state index is 0.359. The number of unbranched alkanes of at least 4 members (excludes halogenated alkanes) is 1. The van der Waals surface area contributed by atoms with Crippen molar-refractivity contribution in [2.24, 2.45) is 0 Å². The molecule has 2 N–H and O–H groups in total. The highest BCUT2D eigenvalue weighted by atomic mass is 35.5. The minimum Gasteiger partial charge on any atom is -0.493 e. The van der Waals surface area contributed by atoms with Crippen molar-refractivity contribution in [1.29, 1.82) is 0 Å². The largest absolute Gasteiger partial charge is 0.493 e. The van der Waals surface area contributed by atoms with Gasteiger partial charge in [0.05, 0.1) is 26.4 Å². The predicted octanol–water partition coefficient (Wildman–Crippen LogP) is 3.48. The molecule has 1 aromatic carbocycles. The van der Waals surface area contributed by atoms with Crippen LogP contribution < -0.4 is 19.9 Å². The Morgan fingerprint density at radius 2 is 1.86 bits per heavy atom. The van der Waals surface area contributed by atoms with Crippen molar-refractivity contribution in [3.8, 4) is 17.2 Å². The Labute approximate surface area is 168 Å². The molecule has 0 spiro atoms. The topological polar surface area (TPSA) is 97.3 Å². The number of aryl methyl sites for hydroxylation is 1. The van der Waals surface area contributed by atoms with Crippen LogP contribution in [-0.2, 0) is 13.0 Å². The average Bonchev–Trinajstić information content (AvgIpc) is 3.05. The molecule has 9 heteroatoms. The second kappa shape index (κ2) is 8.52. The molecule has 3 aromatic rings. The number of ether oxygens (including phenoxy) is 3. The van der Waals surface area contributed by atoms with Crippen LogP contribution in [0.3, 0.4) is 0 Å². The smallest absolute Gasteiger partial charge is 0.204 e. The Hall–Kier alpha value is -2.74. The maximum atomic E-state index is 6.61. The van der Waals surface area contributed by atoms with Crippen molar-refractivity contribution in [2.75, 3.05) is 27.1 Å². The zero-order valence-corrected chi connectivity index (χ0v) is 17.2. The molecule has 0 amide bonds. The lowest BCUT2D eigenvalue weighted by Gasteiger charge is -2.16. The standard InChI is InChI=1S/C19H24ClN5O3/c1-5-6-7-25-13(24-15-18(21)22-10-23-19(15)25)9-11-8-12(26-2)16(27-3)17(28-4)14(11)20/h8,10H,5-7,9H2,1-4H3,(H2,21,22,23). The van der Waals surface area contributed by atoms with Gasteiger partial charge >= 0.3 is 0 Å². The Balaban J connectivity index is 2.13. The number of methoxy groups -OCH3 is 3. The minimum absolute atomic E-state index is 0.359. The lowest BCUT2D eigenvalue weighted by Crippen LogP contribution is -2.07. The van der Waals surface area contributed by atoms with Crippen molar-refractivity contribution in [2.45, 2.75) is 32.7 Å². The average molecular weight is 406 g/mol. The molecule has 0 saturated carbocycles. The van der Waals surface area contributed by atoms with Crippen molar-refractivity contribution < 1.29 is 14.2 Å². The molecule has 0 aliphatic rings. The molecule has 2 aromatic heterocycles. The van der Waals surface area contributed by atoms with Gasteiger partial charge in [-0.05, 0) is 18.1 Å². The number of halogens is 1. The maximum Gasteiger partial charge on any atom is 0.204 e. The van der Waals surface area contributed by atoms with Gasteiger partial charge in [-0.3, -0.25) is 0 Å². The Kier molecular flexibility index (Phi) is 6.08. The number of anilines is 1. The molecule has 150 valence electrons. The molecule has 0 atom stereocenters. The van der Waals surface area contributed by atoms with E-state index in [4.69, 9.17) is 36.5 Å². The molecule has 0 fully saturated rings. The summed E-state index contributed by atoms with van der Waals surface area (Å²) in [5, 5.41) is 0.452. The predicted molar refractivity (Wildman–Crippen MR) is 109 cm³/mol. The molecule has 0 bridgehead atoms. The second-order valence-corrected chi connectivity index (χ2v) is 6.64. The number of nitrogens with two attached hydrogens (primary N) is 1. The van der Waals surface area contributed by atoms with Gasteiger partial charge < -0.3 is 24.5 Å². The normalized spacial score (nSPS) is 11.0. The van der Waals surface area contributed by atoms with Gasteiger partial charge in [0, 0.05) is 13.0 Å². The first-order valence-corrected chi connectivity index (χ1v) is 9.36. The van der Waals surface area contributed by atoms with Crippen molar-refractivity contribution >= 4 is 28.6 Å². The van der Waals surface area contributed by atoms with Crippen molar-refractivity contribution in [1.82, 2.24) is 19.5 Å². The van der Waals surface area contributed by atoms with Gasteiger partial charge in [0.1, 0.15) is 12.2 Å². The quantitative estimate of drug-likeness (QED) is 0.612. The lowest BCUT2D eigenvalue weighted by molar-refractivity contribution is 0.324. The van der Waals surface area contributed by atoms with E-state index >= 15 is 0 Å². The van der Waals surface area contributed by atoms with Gasteiger partial charge in [0.15, 0.2) is 28.5 Å². The molecule has 8 nitrogen and oxygen atoms in total. The third-order valence-electron chi connectivity index (χ3n) is 4.57. The fourth-order valence-corrected chi connectivity index (χ4v) is 3.44. The van der Waals surface area contributed by atoms with E-state index in [1.165, 1.54) is 6.33 Å². The van der Waals surface area contributed by atoms with E-state index in [0.29, 0.717) is 40.0 Å². The van der Waals surface area contributed by atoms with Crippen LogP contribution in [0.4, 0.5) is 5.82 Å². The molecular formula is C19H24ClN5O3. The summed E-state index contributed by atoms with van der Waals surface area (Å²) in [6, 6.07) is 1.84. The third kappa shape index (κ3) is 3.52. The molecule has 0 aliphatic carbocycles. The van der Waals surface area contributed by atoms with Crippen LogP contribution in [-0.4, -0.2) is 40.8 Å². The van der Waals surface area contributed by atoms with Gasteiger partial charge in [0.2, 0.25) is 5.75 Å². The number of aromatic nitrogens is 4. The zero-order chi connectivity index (χ0) is 20.3. The van der Waals surface area contributed by atoms with E-state index < -0.39 is 0 Å². The Morgan fingerprint density at radius 3 is 2.50 bits per heavy atom. The fraction of sp³-hybridized carbons (Fsp3) is 0.421. The Morgan fingerprint density at radius 1 is 1.11 bits per heavy atom. The first-order chi connectivity index (χ1) is 13.5. The lowest BCUT2D eigenvalue weighted by atomic mass is 10.1. The molecular weight excluding hydrogens is 382 g/mol. The molecule has 0 unspecified atom stereocenters. The van der Waals surface area contributed by atoms with E-state index in [2.05, 4.69) is 21.5 Å². The van der Waals surface area contributed by atoms with Gasteiger partial charge in [0.25, 0.3) is 0 Å². The fourth-order valence-electron chi connectivity index (χ4n) is 3.16. The van der Waals surface area contributed by atoms with E-state index in [9.17, 15) is 0 Å². The summed E-state index contributed by atoms with van der Waals surface area (Å²) in [5.41, 5.74) is 8.13. The monoisotopic (exact) mass is 405 g/mol. The summed E-state index contributed by atoms with van der Waals surface area (Å²) in [5.74, 6) is 2.57. The third-order valence-corrected chi connectivity index (χ3v) is 4.98. The molecule has 0 radical (unpaired) electrons. The number of benzene rings is 1. The number of hydrogen-bond acceptors (Lipinski definition) is 7. The Bertz CT molecular complexity index is 990. The molecule has 28 heavy (non-hydrogen) atoms. The van der Waals surface area contributed by atoms with Crippen LogP contribution in [0.5, 0.6) is 17.2 Å². The van der Waals surface area contributed by atoms with E-state index in [0.717, 1.165) is 36.4 Å².